The van der Waals surface area contributed by atoms with Gasteiger partial charge in [0.25, 0.3) is 0 Å². The number of ether oxygens (including phenoxy) is 3. The first-order chi connectivity index (χ1) is 7.22. The summed E-state index contributed by atoms with van der Waals surface area (Å²) in [7, 11) is 4.45. The van der Waals surface area contributed by atoms with Crippen molar-refractivity contribution in [3.63, 3.8) is 0 Å². The Morgan fingerprint density at radius 1 is 1.27 bits per heavy atom. The monoisotopic (exact) mass is 210 g/mol. The van der Waals surface area contributed by atoms with Crippen molar-refractivity contribution < 1.29 is 19.0 Å². The quantitative estimate of drug-likeness (QED) is 0.708. The lowest BCUT2D eigenvalue weighted by atomic mass is 10.1. The lowest BCUT2D eigenvalue weighted by molar-refractivity contribution is 0.0596. The zero-order valence-electron chi connectivity index (χ0n) is 9.07. The van der Waals surface area contributed by atoms with E-state index in [4.69, 9.17) is 9.47 Å². The first-order valence-corrected chi connectivity index (χ1v) is 4.47. The Balaban J connectivity index is 3.07. The maximum absolute atomic E-state index is 11.4. The molecule has 0 bridgehead atoms. The number of esters is 1. The van der Waals surface area contributed by atoms with E-state index >= 15 is 0 Å². The molecule has 0 heterocycles. The van der Waals surface area contributed by atoms with Gasteiger partial charge in [-0.05, 0) is 17.7 Å². The lowest BCUT2D eigenvalue weighted by Crippen LogP contribution is -2.05. The summed E-state index contributed by atoms with van der Waals surface area (Å²) in [6.07, 6.45) is 0. The van der Waals surface area contributed by atoms with Crippen LogP contribution in [0.2, 0.25) is 0 Å². The lowest BCUT2D eigenvalue weighted by Gasteiger charge is -2.08. The fraction of sp³-hybridized carbons (Fsp3) is 0.364. The second-order valence-corrected chi connectivity index (χ2v) is 2.96. The molecular weight excluding hydrogens is 196 g/mol. The minimum Gasteiger partial charge on any atom is -0.496 e. The van der Waals surface area contributed by atoms with E-state index in [1.807, 2.05) is 6.07 Å². The Hall–Kier alpha value is -1.55. The number of hydrogen-bond acceptors (Lipinski definition) is 4. The third kappa shape index (κ3) is 2.70. The minimum atomic E-state index is -0.412. The van der Waals surface area contributed by atoms with Crippen LogP contribution in [0.3, 0.4) is 0 Å². The van der Waals surface area contributed by atoms with Gasteiger partial charge >= 0.3 is 5.97 Å². The number of carbonyl (C=O) groups is 1. The summed E-state index contributed by atoms with van der Waals surface area (Å²) in [6, 6.07) is 5.27. The molecule has 0 aromatic heterocycles. The third-order valence-electron chi connectivity index (χ3n) is 1.98. The van der Waals surface area contributed by atoms with Gasteiger partial charge in [-0.25, -0.2) is 4.79 Å². The Kier molecular flexibility index (Phi) is 4.12. The summed E-state index contributed by atoms with van der Waals surface area (Å²) in [5, 5.41) is 0. The van der Waals surface area contributed by atoms with Crippen LogP contribution in [0.25, 0.3) is 0 Å². The van der Waals surface area contributed by atoms with Gasteiger partial charge in [-0.3, -0.25) is 0 Å². The van der Waals surface area contributed by atoms with E-state index in [2.05, 4.69) is 4.74 Å². The molecule has 4 heteroatoms. The first-order valence-electron chi connectivity index (χ1n) is 4.47. The molecule has 0 fully saturated rings. The minimum absolute atomic E-state index is 0.412. The molecule has 0 N–H and O–H groups in total. The zero-order chi connectivity index (χ0) is 11.3. The average Bonchev–Trinajstić information content (AvgIpc) is 2.28. The van der Waals surface area contributed by atoms with Gasteiger partial charge in [0.2, 0.25) is 0 Å². The molecule has 4 nitrogen and oxygen atoms in total. The number of methoxy groups -OCH3 is 3. The SMILES string of the molecule is COCc1ccc(OC)c(C(=O)OC)c1. The Bertz CT molecular complexity index is 346. The summed E-state index contributed by atoms with van der Waals surface area (Å²) in [5.74, 6) is 0.0894. The van der Waals surface area contributed by atoms with Gasteiger partial charge in [0.15, 0.2) is 0 Å². The van der Waals surface area contributed by atoms with Crippen LogP contribution in [-0.2, 0) is 16.1 Å². The van der Waals surface area contributed by atoms with Gasteiger partial charge in [0.05, 0.1) is 20.8 Å². The molecular formula is C11H14O4. The molecule has 0 radical (unpaired) electrons. The van der Waals surface area contributed by atoms with E-state index in [0.29, 0.717) is 17.9 Å². The maximum atomic E-state index is 11.4. The standard InChI is InChI=1S/C11H14O4/c1-13-7-8-4-5-10(14-2)9(6-8)11(12)15-3/h4-6H,7H2,1-3H3. The second kappa shape index (κ2) is 5.36. The van der Waals surface area contributed by atoms with Crippen LogP contribution in [0.15, 0.2) is 18.2 Å². The van der Waals surface area contributed by atoms with E-state index in [1.54, 1.807) is 19.2 Å². The molecule has 0 aliphatic rings. The van der Waals surface area contributed by atoms with Gasteiger partial charge in [-0.15, -0.1) is 0 Å². The summed E-state index contributed by atoms with van der Waals surface area (Å²) >= 11 is 0. The highest BCUT2D eigenvalue weighted by Crippen LogP contribution is 2.20. The summed E-state index contributed by atoms with van der Waals surface area (Å²) in [6.45, 7) is 0.452. The van der Waals surface area contributed by atoms with E-state index in [1.165, 1.54) is 14.2 Å². The number of hydrogen-bond donors (Lipinski definition) is 0. The fourth-order valence-corrected chi connectivity index (χ4v) is 1.28. The van der Waals surface area contributed by atoms with Crippen molar-refractivity contribution in [2.45, 2.75) is 6.61 Å². The van der Waals surface area contributed by atoms with Gasteiger partial charge in [0, 0.05) is 7.11 Å². The molecule has 82 valence electrons. The normalized spacial score (nSPS) is 9.80. The highest BCUT2D eigenvalue weighted by Gasteiger charge is 2.12. The predicted molar refractivity (Wildman–Crippen MR) is 55.0 cm³/mol. The Labute approximate surface area is 88.8 Å². The number of benzene rings is 1. The van der Waals surface area contributed by atoms with Gasteiger partial charge < -0.3 is 14.2 Å². The molecule has 0 saturated carbocycles. The molecule has 0 amide bonds. The van der Waals surface area contributed by atoms with Crippen LogP contribution in [0, 0.1) is 0 Å². The highest BCUT2D eigenvalue weighted by atomic mass is 16.5. The van der Waals surface area contributed by atoms with Crippen LogP contribution in [0.4, 0.5) is 0 Å². The average molecular weight is 210 g/mol. The summed E-state index contributed by atoms with van der Waals surface area (Å²) in [4.78, 5) is 11.4. The molecule has 0 saturated heterocycles. The smallest absolute Gasteiger partial charge is 0.341 e. The van der Waals surface area contributed by atoms with Gasteiger partial charge in [-0.2, -0.15) is 0 Å². The molecule has 0 aliphatic heterocycles. The van der Waals surface area contributed by atoms with Crippen LogP contribution in [0.5, 0.6) is 5.75 Å². The van der Waals surface area contributed by atoms with Crippen LogP contribution in [-0.4, -0.2) is 27.3 Å². The molecule has 15 heavy (non-hydrogen) atoms. The summed E-state index contributed by atoms with van der Waals surface area (Å²) in [5.41, 5.74) is 1.31. The van der Waals surface area contributed by atoms with E-state index in [0.717, 1.165) is 5.56 Å². The zero-order valence-corrected chi connectivity index (χ0v) is 9.07. The highest BCUT2D eigenvalue weighted by molar-refractivity contribution is 5.92. The third-order valence-corrected chi connectivity index (χ3v) is 1.98. The molecule has 0 unspecified atom stereocenters. The van der Waals surface area contributed by atoms with Crippen molar-refractivity contribution in [1.82, 2.24) is 0 Å². The van der Waals surface area contributed by atoms with E-state index in [-0.39, 0.29) is 0 Å². The topological polar surface area (TPSA) is 44.8 Å². The molecule has 0 atom stereocenters. The first kappa shape index (κ1) is 11.5. The van der Waals surface area contributed by atoms with Crippen molar-refractivity contribution in [3.8, 4) is 5.75 Å². The predicted octanol–water partition coefficient (Wildman–Crippen LogP) is 1.63. The summed E-state index contributed by atoms with van der Waals surface area (Å²) < 4.78 is 14.7. The van der Waals surface area contributed by atoms with Crippen LogP contribution < -0.4 is 4.74 Å². The van der Waals surface area contributed by atoms with Crippen molar-refractivity contribution in [3.05, 3.63) is 29.3 Å². The fourth-order valence-electron chi connectivity index (χ4n) is 1.28. The van der Waals surface area contributed by atoms with Crippen LogP contribution >= 0.6 is 0 Å². The molecule has 1 rings (SSSR count). The van der Waals surface area contributed by atoms with E-state index in [9.17, 15) is 4.79 Å². The van der Waals surface area contributed by atoms with Crippen molar-refractivity contribution >= 4 is 5.97 Å². The molecule has 1 aromatic carbocycles. The molecule has 0 aliphatic carbocycles. The maximum Gasteiger partial charge on any atom is 0.341 e. The molecule has 0 spiro atoms. The molecule has 1 aromatic rings. The van der Waals surface area contributed by atoms with Gasteiger partial charge in [0.1, 0.15) is 11.3 Å². The van der Waals surface area contributed by atoms with E-state index < -0.39 is 5.97 Å². The van der Waals surface area contributed by atoms with Crippen molar-refractivity contribution in [2.75, 3.05) is 21.3 Å². The Morgan fingerprint density at radius 2 is 2.00 bits per heavy atom. The largest absolute Gasteiger partial charge is 0.496 e. The van der Waals surface area contributed by atoms with Crippen molar-refractivity contribution in [2.24, 2.45) is 0 Å². The van der Waals surface area contributed by atoms with Crippen LogP contribution in [0.1, 0.15) is 15.9 Å². The number of rotatable bonds is 4. The second-order valence-electron chi connectivity index (χ2n) is 2.96. The van der Waals surface area contributed by atoms with Gasteiger partial charge in [-0.1, -0.05) is 6.07 Å². The Morgan fingerprint density at radius 3 is 2.53 bits per heavy atom. The van der Waals surface area contributed by atoms with Crippen molar-refractivity contribution in [1.29, 1.82) is 0 Å². The number of carbonyl (C=O) groups excluding carboxylic acids is 1.